The first kappa shape index (κ1) is 13.8. The van der Waals surface area contributed by atoms with Gasteiger partial charge in [-0.1, -0.05) is 13.8 Å². The van der Waals surface area contributed by atoms with E-state index in [2.05, 4.69) is 37.7 Å². The maximum Gasteiger partial charge on any atom is 0.237 e. The van der Waals surface area contributed by atoms with E-state index < -0.39 is 0 Å². The minimum atomic E-state index is -0.0365. The van der Waals surface area contributed by atoms with E-state index in [1.54, 1.807) is 11.8 Å². The fourth-order valence-electron chi connectivity index (χ4n) is 2.28. The van der Waals surface area contributed by atoms with Gasteiger partial charge in [-0.15, -0.1) is 0 Å². The number of hydrogen-bond donors (Lipinski definition) is 2. The molecule has 1 fully saturated rings. The number of rotatable bonds is 4. The van der Waals surface area contributed by atoms with Crippen LogP contribution in [0.1, 0.15) is 33.6 Å². The van der Waals surface area contributed by atoms with Crippen LogP contribution in [0.25, 0.3) is 0 Å². The van der Waals surface area contributed by atoms with Crippen LogP contribution >= 0.6 is 11.8 Å². The molecule has 2 N–H and O–H groups in total. The third-order valence-electron chi connectivity index (χ3n) is 3.20. The Morgan fingerprint density at radius 1 is 1.62 bits per heavy atom. The predicted molar refractivity (Wildman–Crippen MR) is 70.8 cm³/mol. The summed E-state index contributed by atoms with van der Waals surface area (Å²) in [5, 5.41) is 6.42. The molecule has 0 radical (unpaired) electrons. The number of carbonyl (C=O) groups excluding carboxylic acids is 1. The van der Waals surface area contributed by atoms with Gasteiger partial charge in [0, 0.05) is 11.8 Å². The second-order valence-corrected chi connectivity index (χ2v) is 6.25. The summed E-state index contributed by atoms with van der Waals surface area (Å²) in [6.45, 7) is 7.36. The van der Waals surface area contributed by atoms with Gasteiger partial charge in [0.25, 0.3) is 0 Å². The van der Waals surface area contributed by atoms with Crippen molar-refractivity contribution in [1.82, 2.24) is 10.6 Å². The normalized spacial score (nSPS) is 26.1. The van der Waals surface area contributed by atoms with Crippen LogP contribution < -0.4 is 10.6 Å². The van der Waals surface area contributed by atoms with Gasteiger partial charge in [-0.2, -0.15) is 11.8 Å². The van der Waals surface area contributed by atoms with Crippen molar-refractivity contribution in [3.05, 3.63) is 0 Å². The van der Waals surface area contributed by atoms with Gasteiger partial charge in [0.05, 0.1) is 6.04 Å². The first-order valence-electron chi connectivity index (χ1n) is 6.00. The summed E-state index contributed by atoms with van der Waals surface area (Å²) in [7, 11) is 0. The van der Waals surface area contributed by atoms with Crippen molar-refractivity contribution < 1.29 is 4.79 Å². The maximum atomic E-state index is 12.1. The van der Waals surface area contributed by atoms with Crippen LogP contribution in [0.4, 0.5) is 0 Å². The summed E-state index contributed by atoms with van der Waals surface area (Å²) in [5.74, 6) is 1.13. The van der Waals surface area contributed by atoms with E-state index in [9.17, 15) is 4.79 Å². The highest BCUT2D eigenvalue weighted by molar-refractivity contribution is 7.98. The molecule has 0 aromatic carbocycles. The number of hydrogen-bond acceptors (Lipinski definition) is 3. The molecule has 4 heteroatoms. The summed E-state index contributed by atoms with van der Waals surface area (Å²) in [5.41, 5.74) is 0.0708. The Labute approximate surface area is 103 Å². The summed E-state index contributed by atoms with van der Waals surface area (Å²) in [6, 6.07) is 0.215. The number of thioether (sulfide) groups is 1. The van der Waals surface area contributed by atoms with E-state index in [4.69, 9.17) is 0 Å². The molecule has 0 aromatic rings. The zero-order valence-electron chi connectivity index (χ0n) is 10.8. The van der Waals surface area contributed by atoms with Crippen LogP contribution in [0.2, 0.25) is 0 Å². The Kier molecular flexibility index (Phi) is 5.12. The molecule has 1 saturated heterocycles. The number of nitrogens with one attached hydrogen (secondary N) is 2. The number of piperidine rings is 1. The maximum absolute atomic E-state index is 12.1. The summed E-state index contributed by atoms with van der Waals surface area (Å²) >= 11 is 1.76. The van der Waals surface area contributed by atoms with Crippen LogP contribution in [0, 0.1) is 5.41 Å². The Bertz CT molecular complexity index is 243. The van der Waals surface area contributed by atoms with Gasteiger partial charge in [-0.25, -0.2) is 0 Å². The van der Waals surface area contributed by atoms with Crippen molar-refractivity contribution in [3.8, 4) is 0 Å². The first-order chi connectivity index (χ1) is 7.47. The van der Waals surface area contributed by atoms with E-state index in [1.807, 2.05) is 0 Å². The zero-order valence-corrected chi connectivity index (χ0v) is 11.6. The molecule has 3 nitrogen and oxygen atoms in total. The average molecular weight is 244 g/mol. The topological polar surface area (TPSA) is 41.1 Å². The van der Waals surface area contributed by atoms with Crippen molar-refractivity contribution in [2.45, 2.75) is 45.7 Å². The molecule has 0 aliphatic carbocycles. The lowest BCUT2D eigenvalue weighted by Crippen LogP contribution is -2.57. The molecule has 1 heterocycles. The molecule has 2 unspecified atom stereocenters. The highest BCUT2D eigenvalue weighted by Gasteiger charge is 2.37. The third-order valence-corrected chi connectivity index (χ3v) is 4.03. The van der Waals surface area contributed by atoms with Crippen LogP contribution in [0.3, 0.4) is 0 Å². The van der Waals surface area contributed by atoms with Gasteiger partial charge in [-0.3, -0.25) is 4.79 Å². The van der Waals surface area contributed by atoms with Crippen molar-refractivity contribution in [2.24, 2.45) is 5.41 Å². The lowest BCUT2D eigenvalue weighted by Gasteiger charge is -2.38. The fraction of sp³-hybridized carbons (Fsp3) is 0.917. The fourth-order valence-corrected chi connectivity index (χ4v) is 2.86. The van der Waals surface area contributed by atoms with Crippen LogP contribution in [0.15, 0.2) is 0 Å². The number of amides is 1. The molecule has 1 aliphatic heterocycles. The first-order valence-corrected chi connectivity index (χ1v) is 7.39. The lowest BCUT2D eigenvalue weighted by atomic mass is 9.77. The Morgan fingerprint density at radius 3 is 2.88 bits per heavy atom. The minimum Gasteiger partial charge on any atom is -0.351 e. The lowest BCUT2D eigenvalue weighted by molar-refractivity contribution is -0.127. The van der Waals surface area contributed by atoms with E-state index >= 15 is 0 Å². The van der Waals surface area contributed by atoms with Crippen molar-refractivity contribution in [3.63, 3.8) is 0 Å². The van der Waals surface area contributed by atoms with Gasteiger partial charge in [0.1, 0.15) is 0 Å². The van der Waals surface area contributed by atoms with Gasteiger partial charge < -0.3 is 10.6 Å². The highest BCUT2D eigenvalue weighted by Crippen LogP contribution is 2.30. The molecule has 1 amide bonds. The average Bonchev–Trinajstić information content (AvgIpc) is 2.16. The minimum absolute atomic E-state index is 0.0365. The SMILES string of the molecule is CSCC(C)NC(=O)C1NCCCC1(C)C. The highest BCUT2D eigenvalue weighted by atomic mass is 32.2. The summed E-state index contributed by atoms with van der Waals surface area (Å²) in [4.78, 5) is 12.1. The largest absolute Gasteiger partial charge is 0.351 e. The van der Waals surface area contributed by atoms with E-state index in [0.717, 1.165) is 25.1 Å². The molecule has 1 rings (SSSR count). The van der Waals surface area contributed by atoms with Gasteiger partial charge in [0.15, 0.2) is 0 Å². The quantitative estimate of drug-likeness (QED) is 0.790. The summed E-state index contributed by atoms with van der Waals surface area (Å²) in [6.07, 6.45) is 4.34. The molecule has 0 bridgehead atoms. The van der Waals surface area contributed by atoms with Crippen molar-refractivity contribution >= 4 is 17.7 Å². The van der Waals surface area contributed by atoms with Crippen LogP contribution in [-0.2, 0) is 4.79 Å². The molecule has 2 atom stereocenters. The monoisotopic (exact) mass is 244 g/mol. The molecule has 16 heavy (non-hydrogen) atoms. The van der Waals surface area contributed by atoms with Gasteiger partial charge in [-0.05, 0) is 38.0 Å². The number of carbonyl (C=O) groups is 1. The van der Waals surface area contributed by atoms with Crippen LogP contribution in [-0.4, -0.2) is 36.5 Å². The summed E-state index contributed by atoms with van der Waals surface area (Å²) < 4.78 is 0. The zero-order chi connectivity index (χ0) is 12.2. The second kappa shape index (κ2) is 5.92. The molecule has 0 spiro atoms. The molecule has 94 valence electrons. The van der Waals surface area contributed by atoms with Crippen molar-refractivity contribution in [2.75, 3.05) is 18.6 Å². The molecule has 0 saturated carbocycles. The smallest absolute Gasteiger partial charge is 0.237 e. The molecule has 0 aromatic heterocycles. The Balaban J connectivity index is 2.51. The predicted octanol–water partition coefficient (Wildman–Crippen LogP) is 1.63. The van der Waals surface area contributed by atoms with Gasteiger partial charge in [0.2, 0.25) is 5.91 Å². The van der Waals surface area contributed by atoms with E-state index in [-0.39, 0.29) is 23.4 Å². The van der Waals surface area contributed by atoms with E-state index in [1.165, 1.54) is 0 Å². The van der Waals surface area contributed by atoms with Gasteiger partial charge >= 0.3 is 0 Å². The molecular formula is C12H24N2OS. The van der Waals surface area contributed by atoms with E-state index in [0.29, 0.717) is 0 Å². The van der Waals surface area contributed by atoms with Crippen molar-refractivity contribution in [1.29, 1.82) is 0 Å². The second-order valence-electron chi connectivity index (χ2n) is 5.34. The standard InChI is InChI=1S/C12H24N2OS/c1-9(8-16-4)14-11(15)10-12(2,3)6-5-7-13-10/h9-10,13H,5-8H2,1-4H3,(H,14,15). The third kappa shape index (κ3) is 3.67. The molecular weight excluding hydrogens is 220 g/mol. The molecule has 1 aliphatic rings. The van der Waals surface area contributed by atoms with Crippen LogP contribution in [0.5, 0.6) is 0 Å². The Morgan fingerprint density at radius 2 is 2.31 bits per heavy atom. The Hall–Kier alpha value is -0.220.